The highest BCUT2D eigenvalue weighted by atomic mass is 15.1. The van der Waals surface area contributed by atoms with Crippen LogP contribution in [0.1, 0.15) is 0 Å². The van der Waals surface area contributed by atoms with E-state index in [4.69, 9.17) is 24.9 Å². The Balaban J connectivity index is 1.26. The number of benzene rings is 7. The van der Waals surface area contributed by atoms with Crippen molar-refractivity contribution in [2.75, 3.05) is 0 Å². The topological polar surface area (TPSA) is 64.5 Å². The molecule has 2 heterocycles. The minimum Gasteiger partial charge on any atom is -0.252 e. The summed E-state index contributed by atoms with van der Waals surface area (Å²) in [5.41, 5.74) is 8.49. The molecule has 0 spiro atoms. The van der Waals surface area contributed by atoms with Crippen molar-refractivity contribution in [3.05, 3.63) is 164 Å². The molecular formula is C43H27N5. The molecule has 0 unspecified atom stereocenters. The van der Waals surface area contributed by atoms with Crippen LogP contribution in [0.5, 0.6) is 0 Å². The minimum absolute atomic E-state index is 0.469. The molecular weight excluding hydrogens is 587 g/mol. The molecule has 2 aromatic heterocycles. The van der Waals surface area contributed by atoms with Gasteiger partial charge in [-0.25, -0.2) is 19.9 Å². The van der Waals surface area contributed by atoms with E-state index >= 15 is 0 Å². The lowest BCUT2D eigenvalue weighted by atomic mass is 9.99. The fraction of sp³-hybridized carbons (Fsp3) is 0. The van der Waals surface area contributed by atoms with Gasteiger partial charge in [-0.1, -0.05) is 146 Å². The van der Waals surface area contributed by atoms with Gasteiger partial charge in [0.25, 0.3) is 0 Å². The molecule has 0 saturated heterocycles. The third kappa shape index (κ3) is 4.95. The lowest BCUT2D eigenvalue weighted by Crippen LogP contribution is -2.02. The first kappa shape index (κ1) is 27.7. The van der Waals surface area contributed by atoms with Gasteiger partial charge in [-0.05, 0) is 45.2 Å². The average Bonchev–Trinajstić information content (AvgIpc) is 3.18. The first-order valence-electron chi connectivity index (χ1n) is 15.9. The summed E-state index contributed by atoms with van der Waals surface area (Å²) in [6.45, 7) is 0. The Morgan fingerprint density at radius 3 is 1.25 bits per heavy atom. The van der Waals surface area contributed by atoms with Crippen LogP contribution in [0, 0.1) is 0 Å². The van der Waals surface area contributed by atoms with Crippen molar-refractivity contribution in [2.24, 2.45) is 0 Å². The Hall–Kier alpha value is -6.59. The molecule has 0 saturated carbocycles. The average molecular weight is 614 g/mol. The number of fused-ring (bicyclic) bond motifs is 6. The zero-order chi connectivity index (χ0) is 31.9. The number of rotatable bonds is 5. The molecule has 0 N–H and O–H groups in total. The third-order valence-corrected chi connectivity index (χ3v) is 8.75. The minimum atomic E-state index is 0.469. The molecule has 0 atom stereocenters. The van der Waals surface area contributed by atoms with Crippen molar-refractivity contribution in [1.82, 2.24) is 24.9 Å². The van der Waals surface area contributed by atoms with Crippen molar-refractivity contribution >= 4 is 32.6 Å². The van der Waals surface area contributed by atoms with E-state index in [-0.39, 0.29) is 0 Å². The van der Waals surface area contributed by atoms with E-state index in [1.54, 1.807) is 6.20 Å². The number of nitrogens with zero attached hydrogens (tertiary/aromatic N) is 5. The van der Waals surface area contributed by atoms with E-state index in [1.807, 2.05) is 72.8 Å². The van der Waals surface area contributed by atoms with Crippen molar-refractivity contribution in [3.63, 3.8) is 0 Å². The summed E-state index contributed by atoms with van der Waals surface area (Å²) in [5, 5.41) is 4.41. The maximum absolute atomic E-state index is 5.21. The van der Waals surface area contributed by atoms with Gasteiger partial charge in [-0.15, -0.1) is 0 Å². The van der Waals surface area contributed by atoms with Gasteiger partial charge in [0, 0.05) is 21.9 Å². The molecule has 224 valence electrons. The van der Waals surface area contributed by atoms with Crippen LogP contribution < -0.4 is 0 Å². The van der Waals surface area contributed by atoms with Crippen molar-refractivity contribution < 1.29 is 0 Å². The predicted molar refractivity (Wildman–Crippen MR) is 195 cm³/mol. The fourth-order valence-electron chi connectivity index (χ4n) is 6.42. The number of hydrogen-bond acceptors (Lipinski definition) is 5. The molecule has 9 rings (SSSR count). The first-order valence-corrected chi connectivity index (χ1v) is 15.9. The van der Waals surface area contributed by atoms with Crippen LogP contribution in [0.15, 0.2) is 164 Å². The lowest BCUT2D eigenvalue weighted by molar-refractivity contribution is 1.06. The molecule has 0 aliphatic carbocycles. The van der Waals surface area contributed by atoms with Crippen molar-refractivity contribution in [1.29, 1.82) is 0 Å². The van der Waals surface area contributed by atoms with Crippen LogP contribution in [-0.2, 0) is 0 Å². The zero-order valence-electron chi connectivity index (χ0n) is 25.8. The molecule has 0 radical (unpaired) electrons. The molecule has 0 aliphatic rings. The number of hydrogen-bond donors (Lipinski definition) is 0. The van der Waals surface area contributed by atoms with Crippen LogP contribution in [0.3, 0.4) is 0 Å². The zero-order valence-corrected chi connectivity index (χ0v) is 25.8. The Morgan fingerprint density at radius 2 is 0.708 bits per heavy atom. The second-order valence-electron chi connectivity index (χ2n) is 11.7. The summed E-state index contributed by atoms with van der Waals surface area (Å²) < 4.78 is 0. The van der Waals surface area contributed by atoms with Gasteiger partial charge >= 0.3 is 0 Å². The highest BCUT2D eigenvalue weighted by Gasteiger charge is 2.17. The lowest BCUT2D eigenvalue weighted by Gasteiger charge is -2.12. The predicted octanol–water partition coefficient (Wildman–Crippen LogP) is 10.5. The summed E-state index contributed by atoms with van der Waals surface area (Å²) in [6, 6.07) is 54.0. The molecule has 5 nitrogen and oxygen atoms in total. The first-order chi connectivity index (χ1) is 23.8. The Labute approximate surface area is 277 Å². The standard InChI is InChI=1S/C43H27N5/c1-3-13-28(14-4-1)30-17-11-19-32(25-30)41-46-42(33-20-12-18-31(26-33)29-15-5-2-6-16-29)48-43(47-41)38-27-44-39-36-23-9-7-21-34(36)35-22-8-10-24-37(35)40(39)45-38/h1-27H. The molecule has 0 amide bonds. The normalized spacial score (nSPS) is 11.3. The van der Waals surface area contributed by atoms with Gasteiger partial charge in [-0.2, -0.15) is 0 Å². The Morgan fingerprint density at radius 1 is 0.292 bits per heavy atom. The van der Waals surface area contributed by atoms with Crippen LogP contribution in [-0.4, -0.2) is 24.9 Å². The maximum atomic E-state index is 5.21. The fourth-order valence-corrected chi connectivity index (χ4v) is 6.42. The Kier molecular flexibility index (Phi) is 6.72. The van der Waals surface area contributed by atoms with E-state index in [2.05, 4.69) is 84.9 Å². The quantitative estimate of drug-likeness (QED) is 0.181. The van der Waals surface area contributed by atoms with Gasteiger partial charge in [0.1, 0.15) is 5.69 Å². The van der Waals surface area contributed by atoms with E-state index in [0.717, 1.165) is 66.0 Å². The van der Waals surface area contributed by atoms with Gasteiger partial charge in [0.2, 0.25) is 0 Å². The molecule has 0 bridgehead atoms. The summed E-state index contributed by atoms with van der Waals surface area (Å²) in [7, 11) is 0. The molecule has 48 heavy (non-hydrogen) atoms. The Bertz CT molecular complexity index is 2480. The van der Waals surface area contributed by atoms with E-state index in [1.165, 1.54) is 0 Å². The van der Waals surface area contributed by atoms with Gasteiger partial charge in [0.05, 0.1) is 17.2 Å². The summed E-state index contributed by atoms with van der Waals surface area (Å²) >= 11 is 0. The highest BCUT2D eigenvalue weighted by Crippen LogP contribution is 2.35. The van der Waals surface area contributed by atoms with Crippen LogP contribution in [0.4, 0.5) is 0 Å². The third-order valence-electron chi connectivity index (χ3n) is 8.75. The highest BCUT2D eigenvalue weighted by molar-refractivity contribution is 6.23. The molecule has 9 aromatic rings. The van der Waals surface area contributed by atoms with Crippen molar-refractivity contribution in [3.8, 4) is 56.5 Å². The van der Waals surface area contributed by atoms with Crippen molar-refractivity contribution in [2.45, 2.75) is 0 Å². The second kappa shape index (κ2) is 11.6. The molecule has 0 fully saturated rings. The van der Waals surface area contributed by atoms with Gasteiger partial charge < -0.3 is 0 Å². The largest absolute Gasteiger partial charge is 0.252 e. The monoisotopic (exact) mass is 613 g/mol. The van der Waals surface area contributed by atoms with E-state index in [0.29, 0.717) is 23.2 Å². The van der Waals surface area contributed by atoms with E-state index < -0.39 is 0 Å². The number of aromatic nitrogens is 5. The van der Waals surface area contributed by atoms with Gasteiger partial charge in [-0.3, -0.25) is 4.98 Å². The SMILES string of the molecule is c1ccc(-c2cccc(-c3nc(-c4cccc(-c5ccccc5)c4)nc(-c4cnc5c6ccccc6c6ccccc6c5n4)n3)c2)cc1. The molecule has 5 heteroatoms. The smallest absolute Gasteiger partial charge is 0.184 e. The van der Waals surface area contributed by atoms with Crippen LogP contribution in [0.2, 0.25) is 0 Å². The molecule has 0 aliphatic heterocycles. The van der Waals surface area contributed by atoms with Crippen LogP contribution in [0.25, 0.3) is 89.1 Å². The molecule has 7 aromatic carbocycles. The van der Waals surface area contributed by atoms with Gasteiger partial charge in [0.15, 0.2) is 17.5 Å². The second-order valence-corrected chi connectivity index (χ2v) is 11.7. The summed E-state index contributed by atoms with van der Waals surface area (Å²) in [6.07, 6.45) is 1.78. The van der Waals surface area contributed by atoms with Crippen LogP contribution >= 0.6 is 0 Å². The van der Waals surface area contributed by atoms with E-state index in [9.17, 15) is 0 Å². The summed E-state index contributed by atoms with van der Waals surface area (Å²) in [4.78, 5) is 25.3. The maximum Gasteiger partial charge on any atom is 0.184 e. The summed E-state index contributed by atoms with van der Waals surface area (Å²) in [5.74, 6) is 1.61.